The second kappa shape index (κ2) is 6.91. The van der Waals surface area contributed by atoms with Crippen molar-refractivity contribution in [3.05, 3.63) is 34.6 Å². The zero-order valence-electron chi connectivity index (χ0n) is 9.95. The van der Waals surface area contributed by atoms with Gasteiger partial charge in [-0.05, 0) is 37.6 Å². The van der Waals surface area contributed by atoms with Crippen molar-refractivity contribution in [2.75, 3.05) is 13.2 Å². The summed E-state index contributed by atoms with van der Waals surface area (Å²) >= 11 is 5.98. The van der Waals surface area contributed by atoms with Gasteiger partial charge in [-0.2, -0.15) is 0 Å². The molecule has 5 heteroatoms. The standard InChI is InChI=1S/C12H17ClFNO2/c1-3-16-12(17-4-2)11(15)9-7-8(14)5-6-10(9)13/h5-7,11-12H,3-4,15H2,1-2H3. The van der Waals surface area contributed by atoms with Crippen LogP contribution in [0.3, 0.4) is 0 Å². The van der Waals surface area contributed by atoms with Gasteiger partial charge in [0.25, 0.3) is 0 Å². The molecule has 0 saturated carbocycles. The Labute approximate surface area is 106 Å². The van der Waals surface area contributed by atoms with Crippen LogP contribution in [0.1, 0.15) is 25.5 Å². The van der Waals surface area contributed by atoms with Crippen LogP contribution in [0.25, 0.3) is 0 Å². The van der Waals surface area contributed by atoms with E-state index in [1.165, 1.54) is 18.2 Å². The minimum atomic E-state index is -0.621. The first-order chi connectivity index (χ1) is 8.10. The molecule has 1 atom stereocenters. The van der Waals surface area contributed by atoms with Gasteiger partial charge in [0.1, 0.15) is 5.82 Å². The van der Waals surface area contributed by atoms with Crippen molar-refractivity contribution in [1.82, 2.24) is 0 Å². The summed E-state index contributed by atoms with van der Waals surface area (Å²) in [5, 5.41) is 0.406. The molecule has 0 bridgehead atoms. The highest BCUT2D eigenvalue weighted by atomic mass is 35.5. The lowest BCUT2D eigenvalue weighted by atomic mass is 10.1. The average Bonchev–Trinajstić information content (AvgIpc) is 2.31. The summed E-state index contributed by atoms with van der Waals surface area (Å²) in [6.07, 6.45) is -0.621. The lowest BCUT2D eigenvalue weighted by molar-refractivity contribution is -0.149. The molecular weight excluding hydrogens is 245 g/mol. The van der Waals surface area contributed by atoms with Crippen molar-refractivity contribution in [2.45, 2.75) is 26.2 Å². The summed E-state index contributed by atoms with van der Waals surface area (Å²) in [5.41, 5.74) is 6.46. The van der Waals surface area contributed by atoms with E-state index < -0.39 is 12.3 Å². The maximum Gasteiger partial charge on any atom is 0.176 e. The zero-order valence-corrected chi connectivity index (χ0v) is 10.7. The Morgan fingerprint density at radius 1 is 1.29 bits per heavy atom. The van der Waals surface area contributed by atoms with E-state index in [1.807, 2.05) is 13.8 Å². The first kappa shape index (κ1) is 14.4. The van der Waals surface area contributed by atoms with E-state index in [2.05, 4.69) is 0 Å². The molecule has 1 aromatic carbocycles. The molecule has 96 valence electrons. The van der Waals surface area contributed by atoms with Crippen LogP contribution in [-0.4, -0.2) is 19.5 Å². The summed E-state index contributed by atoms with van der Waals surface area (Å²) in [7, 11) is 0. The van der Waals surface area contributed by atoms with Crippen LogP contribution in [0.2, 0.25) is 5.02 Å². The molecule has 0 aliphatic carbocycles. The molecule has 0 aromatic heterocycles. The largest absolute Gasteiger partial charge is 0.351 e. The predicted octanol–water partition coefficient (Wildman–Crippen LogP) is 2.88. The summed E-state index contributed by atoms with van der Waals surface area (Å²) in [6, 6.07) is 3.45. The Morgan fingerprint density at radius 3 is 2.41 bits per heavy atom. The minimum absolute atomic E-state index is 0.383. The van der Waals surface area contributed by atoms with Gasteiger partial charge in [0.15, 0.2) is 6.29 Å². The third-order valence-corrected chi connectivity index (χ3v) is 2.62. The first-order valence-electron chi connectivity index (χ1n) is 5.53. The van der Waals surface area contributed by atoms with E-state index in [1.54, 1.807) is 0 Å². The molecule has 0 saturated heterocycles. The first-order valence-corrected chi connectivity index (χ1v) is 5.91. The van der Waals surface area contributed by atoms with Gasteiger partial charge in [0.05, 0.1) is 6.04 Å². The molecule has 0 spiro atoms. The quantitative estimate of drug-likeness (QED) is 0.801. The molecule has 2 N–H and O–H groups in total. The van der Waals surface area contributed by atoms with Gasteiger partial charge < -0.3 is 15.2 Å². The molecule has 17 heavy (non-hydrogen) atoms. The fourth-order valence-electron chi connectivity index (χ4n) is 1.50. The van der Waals surface area contributed by atoms with Crippen molar-refractivity contribution in [2.24, 2.45) is 5.73 Å². The van der Waals surface area contributed by atoms with Crippen molar-refractivity contribution >= 4 is 11.6 Å². The van der Waals surface area contributed by atoms with E-state index in [4.69, 9.17) is 26.8 Å². The molecule has 3 nitrogen and oxygen atoms in total. The second-order valence-electron chi connectivity index (χ2n) is 3.47. The monoisotopic (exact) mass is 261 g/mol. The van der Waals surface area contributed by atoms with E-state index in [9.17, 15) is 4.39 Å². The highest BCUT2D eigenvalue weighted by Crippen LogP contribution is 2.26. The third-order valence-electron chi connectivity index (χ3n) is 2.27. The number of hydrogen-bond donors (Lipinski definition) is 1. The Morgan fingerprint density at radius 2 is 1.88 bits per heavy atom. The Balaban J connectivity index is 2.91. The molecule has 0 aliphatic heterocycles. The summed E-state index contributed by atoms with van der Waals surface area (Å²) in [5.74, 6) is -0.383. The van der Waals surface area contributed by atoms with Gasteiger partial charge in [-0.15, -0.1) is 0 Å². The molecule has 0 amide bonds. The lowest BCUT2D eigenvalue weighted by Gasteiger charge is -2.24. The smallest absolute Gasteiger partial charge is 0.176 e. The fraction of sp³-hybridized carbons (Fsp3) is 0.500. The summed E-state index contributed by atoms with van der Waals surface area (Å²) < 4.78 is 23.9. The number of rotatable bonds is 6. The highest BCUT2D eigenvalue weighted by molar-refractivity contribution is 6.31. The summed E-state index contributed by atoms with van der Waals surface area (Å²) in [4.78, 5) is 0. The fourth-order valence-corrected chi connectivity index (χ4v) is 1.74. The minimum Gasteiger partial charge on any atom is -0.351 e. The van der Waals surface area contributed by atoms with Crippen molar-refractivity contribution in [1.29, 1.82) is 0 Å². The number of ether oxygens (including phenoxy) is 2. The van der Waals surface area contributed by atoms with Crippen molar-refractivity contribution in [3.63, 3.8) is 0 Å². The van der Waals surface area contributed by atoms with Gasteiger partial charge in [-0.3, -0.25) is 0 Å². The van der Waals surface area contributed by atoms with Crippen molar-refractivity contribution in [3.8, 4) is 0 Å². The SMILES string of the molecule is CCOC(OCC)C(N)c1cc(F)ccc1Cl. The average molecular weight is 262 g/mol. The van der Waals surface area contributed by atoms with Gasteiger partial charge in [-0.25, -0.2) is 4.39 Å². The van der Waals surface area contributed by atoms with Crippen LogP contribution in [-0.2, 0) is 9.47 Å². The molecule has 1 unspecified atom stereocenters. The van der Waals surface area contributed by atoms with Crippen LogP contribution in [0.5, 0.6) is 0 Å². The van der Waals surface area contributed by atoms with Crippen LogP contribution in [0.15, 0.2) is 18.2 Å². The van der Waals surface area contributed by atoms with E-state index in [0.717, 1.165) is 0 Å². The van der Waals surface area contributed by atoms with Crippen LogP contribution >= 0.6 is 11.6 Å². The molecular formula is C12H17ClFNO2. The Hall–Kier alpha value is -0.680. The molecule has 1 rings (SSSR count). The molecule has 0 radical (unpaired) electrons. The lowest BCUT2D eigenvalue weighted by Crippen LogP contribution is -2.32. The maximum atomic E-state index is 13.1. The van der Waals surface area contributed by atoms with Gasteiger partial charge in [-0.1, -0.05) is 11.6 Å². The van der Waals surface area contributed by atoms with Gasteiger partial charge in [0.2, 0.25) is 0 Å². The number of benzene rings is 1. The zero-order chi connectivity index (χ0) is 12.8. The Bertz CT molecular complexity index is 356. The summed E-state index contributed by atoms with van der Waals surface area (Å²) in [6.45, 7) is 4.61. The third kappa shape index (κ3) is 3.92. The topological polar surface area (TPSA) is 44.5 Å². The van der Waals surface area contributed by atoms with E-state index in [0.29, 0.717) is 23.8 Å². The molecule has 0 fully saturated rings. The normalized spacial score (nSPS) is 13.1. The van der Waals surface area contributed by atoms with Crippen LogP contribution in [0.4, 0.5) is 4.39 Å². The van der Waals surface area contributed by atoms with Gasteiger partial charge >= 0.3 is 0 Å². The molecule has 1 aromatic rings. The number of nitrogens with two attached hydrogens (primary N) is 1. The predicted molar refractivity (Wildman–Crippen MR) is 65.4 cm³/mol. The van der Waals surface area contributed by atoms with E-state index in [-0.39, 0.29) is 5.82 Å². The highest BCUT2D eigenvalue weighted by Gasteiger charge is 2.22. The number of hydrogen-bond acceptors (Lipinski definition) is 3. The van der Waals surface area contributed by atoms with Crippen LogP contribution < -0.4 is 5.73 Å². The molecule has 0 heterocycles. The van der Waals surface area contributed by atoms with Crippen molar-refractivity contribution < 1.29 is 13.9 Å². The Kier molecular flexibility index (Phi) is 5.85. The van der Waals surface area contributed by atoms with E-state index >= 15 is 0 Å². The van der Waals surface area contributed by atoms with Crippen LogP contribution in [0, 0.1) is 5.82 Å². The second-order valence-corrected chi connectivity index (χ2v) is 3.88. The molecule has 0 aliphatic rings. The number of halogens is 2. The van der Waals surface area contributed by atoms with Gasteiger partial charge in [0, 0.05) is 18.2 Å². The maximum absolute atomic E-state index is 13.1.